The van der Waals surface area contributed by atoms with Crippen molar-refractivity contribution in [1.82, 2.24) is 23.3 Å². The van der Waals surface area contributed by atoms with Crippen LogP contribution in [0.2, 0.25) is 0 Å². The maximum atomic E-state index is 6.47. The first-order chi connectivity index (χ1) is 23.6. The van der Waals surface area contributed by atoms with Crippen molar-refractivity contribution in [3.8, 4) is 23.0 Å². The number of fused-ring (bicyclic) bond motifs is 12. The van der Waals surface area contributed by atoms with Gasteiger partial charge < -0.3 is 27.6 Å². The number of rotatable bonds is 4. The van der Waals surface area contributed by atoms with Crippen LogP contribution in [0.25, 0.3) is 76.9 Å². The van der Waals surface area contributed by atoms with Gasteiger partial charge in [0.25, 0.3) is 0 Å². The molecule has 10 rings (SSSR count). The molecule has 7 nitrogen and oxygen atoms in total. The molecular weight excluding hydrogens is 788 g/mol. The minimum Gasteiger partial charge on any atom is -0.510 e. The first-order valence-corrected chi connectivity index (χ1v) is 15.9. The number of hydrogen-bond acceptors (Lipinski definition) is 2. The van der Waals surface area contributed by atoms with Crippen LogP contribution in [0.5, 0.6) is 11.5 Å². The zero-order valence-corrected chi connectivity index (χ0v) is 29.1. The number of hydrogen-bond donors (Lipinski definition) is 0. The van der Waals surface area contributed by atoms with Crippen molar-refractivity contribution in [2.45, 2.75) is 0 Å². The largest absolute Gasteiger partial charge is 0.510 e. The molecule has 0 atom stereocenters. The number of para-hydroxylation sites is 2. The summed E-state index contributed by atoms with van der Waals surface area (Å²) in [6.07, 6.45) is 8.97. The summed E-state index contributed by atoms with van der Waals surface area (Å²) in [5.74, 6) is 2.01. The number of aryl methyl sites for hydroxylation is 3. The fourth-order valence-electron chi connectivity index (χ4n) is 7.59. The summed E-state index contributed by atoms with van der Waals surface area (Å²) in [7, 11) is 6.29. The molecule has 0 bridgehead atoms. The van der Waals surface area contributed by atoms with E-state index in [4.69, 9.17) is 9.72 Å². The van der Waals surface area contributed by atoms with Gasteiger partial charge in [-0.15, -0.1) is 24.3 Å². The van der Waals surface area contributed by atoms with Crippen LogP contribution in [-0.2, 0) is 42.2 Å². The van der Waals surface area contributed by atoms with Crippen molar-refractivity contribution >= 4 is 65.4 Å². The summed E-state index contributed by atoms with van der Waals surface area (Å²) >= 11 is 0. The van der Waals surface area contributed by atoms with Crippen LogP contribution >= 0.6 is 0 Å². The second kappa shape index (κ2) is 10.9. The molecule has 5 aromatic heterocycles. The van der Waals surface area contributed by atoms with Gasteiger partial charge in [-0.05, 0) is 29.7 Å². The van der Waals surface area contributed by atoms with E-state index in [0.29, 0.717) is 11.5 Å². The fraction of sp³-hybridized carbons (Fsp3) is 0.0732. The summed E-state index contributed by atoms with van der Waals surface area (Å²) in [5, 5.41) is 7.21. The van der Waals surface area contributed by atoms with Crippen molar-refractivity contribution in [3.05, 3.63) is 134 Å². The molecule has 0 aliphatic rings. The zero-order chi connectivity index (χ0) is 32.1. The van der Waals surface area contributed by atoms with E-state index in [0.717, 1.165) is 38.8 Å². The molecule has 0 unspecified atom stereocenters. The van der Waals surface area contributed by atoms with Crippen LogP contribution in [0.1, 0.15) is 0 Å². The van der Waals surface area contributed by atoms with Gasteiger partial charge in [-0.3, -0.25) is 0 Å². The molecule has 0 fully saturated rings. The first-order valence-electron chi connectivity index (χ1n) is 15.9. The Morgan fingerprint density at radius 3 is 2.04 bits per heavy atom. The van der Waals surface area contributed by atoms with Crippen molar-refractivity contribution in [3.63, 3.8) is 0 Å². The first kappa shape index (κ1) is 29.5. The van der Waals surface area contributed by atoms with Crippen molar-refractivity contribution in [1.29, 1.82) is 0 Å². The topological polar surface area (TPSA) is 45.7 Å². The molecule has 0 saturated carbocycles. The van der Waals surface area contributed by atoms with Crippen LogP contribution < -0.4 is 9.30 Å². The van der Waals surface area contributed by atoms with Gasteiger partial charge in [-0.1, -0.05) is 59.1 Å². The Morgan fingerprint density at radius 2 is 1.33 bits per heavy atom. The van der Waals surface area contributed by atoms with E-state index in [1.54, 1.807) is 0 Å². The second-order valence-corrected chi connectivity index (χ2v) is 12.3. The van der Waals surface area contributed by atoms with Crippen LogP contribution in [0.3, 0.4) is 0 Å². The van der Waals surface area contributed by atoms with E-state index >= 15 is 0 Å². The minimum absolute atomic E-state index is 0. The maximum Gasteiger partial charge on any atom is 0.241 e. The molecule has 240 valence electrons. The van der Waals surface area contributed by atoms with Crippen LogP contribution in [0, 0.1) is 18.5 Å². The van der Waals surface area contributed by atoms with Gasteiger partial charge in [-0.25, -0.2) is 4.98 Å². The zero-order valence-electron chi connectivity index (χ0n) is 26.9. The predicted octanol–water partition coefficient (Wildman–Crippen LogP) is 8.27. The van der Waals surface area contributed by atoms with E-state index in [9.17, 15) is 0 Å². The summed E-state index contributed by atoms with van der Waals surface area (Å²) < 4.78 is 17.2. The number of pyridine rings is 1. The Labute approximate surface area is 296 Å². The molecule has 0 saturated heterocycles. The van der Waals surface area contributed by atoms with E-state index in [1.807, 2.05) is 71.2 Å². The molecule has 0 amide bonds. The summed E-state index contributed by atoms with van der Waals surface area (Å²) in [6, 6.07) is 40.6. The Hall–Kier alpha value is -5.65. The third kappa shape index (κ3) is 4.19. The fourth-order valence-corrected chi connectivity index (χ4v) is 7.59. The smallest absolute Gasteiger partial charge is 0.241 e. The molecule has 5 aromatic carbocycles. The van der Waals surface area contributed by atoms with Gasteiger partial charge in [-0.2, -0.15) is 18.2 Å². The van der Waals surface area contributed by atoms with E-state index in [-0.39, 0.29) is 21.1 Å². The molecule has 0 N–H and O–H groups in total. The van der Waals surface area contributed by atoms with Gasteiger partial charge in [0.15, 0.2) is 0 Å². The van der Waals surface area contributed by atoms with Crippen molar-refractivity contribution in [2.75, 3.05) is 0 Å². The van der Waals surface area contributed by atoms with Gasteiger partial charge in [0.2, 0.25) is 6.33 Å². The minimum atomic E-state index is 0. The molecule has 49 heavy (non-hydrogen) atoms. The molecule has 10 aromatic rings. The average Bonchev–Trinajstić information content (AvgIpc) is 3.86. The van der Waals surface area contributed by atoms with Crippen LogP contribution in [0.15, 0.2) is 116 Å². The Balaban J connectivity index is 0.00000325. The molecule has 5 heterocycles. The SMILES string of the molecule is Cn1[c-][n+](-c2[c-]c(Oc3[c-]c4c(cc3)c3c5c(c6ccccc6n5C)c5c6ccccc6n(C)c5c3n4-c3ccccn3)ccc2)cc1.[Pt]. The average molecular weight is 816 g/mol. The van der Waals surface area contributed by atoms with Crippen molar-refractivity contribution in [2.24, 2.45) is 21.1 Å². The standard InChI is InChI=1S/C41H28N6O.Pt/c1-43-21-22-46(25-43)26-11-10-12-27(23-26)48-28-18-19-31-34(24-28)47(35-17-8-9-20-42-35)41-38(31)39-36(29-13-4-6-15-32(29)44(39)2)37-30-14-5-7-16-33(30)45(3)40(37)41;/h4-22H,1-3H3;/q-2;. The maximum absolute atomic E-state index is 6.47. The summed E-state index contributed by atoms with van der Waals surface area (Å²) in [6.45, 7) is 0. The Kier molecular flexibility index (Phi) is 6.58. The van der Waals surface area contributed by atoms with E-state index < -0.39 is 0 Å². The van der Waals surface area contributed by atoms with Crippen LogP contribution in [-0.4, -0.2) is 23.3 Å². The number of benzene rings is 5. The number of aromatic nitrogens is 6. The number of imidazole rings is 1. The second-order valence-electron chi connectivity index (χ2n) is 12.3. The molecule has 0 radical (unpaired) electrons. The monoisotopic (exact) mass is 815 g/mol. The van der Waals surface area contributed by atoms with E-state index in [1.165, 1.54) is 38.1 Å². The number of ether oxygens (including phenoxy) is 1. The molecule has 0 aliphatic carbocycles. The molecule has 8 heteroatoms. The molecular formula is C41H28N6OPt-2. The number of nitrogens with zero attached hydrogens (tertiary/aromatic N) is 6. The molecule has 0 aliphatic heterocycles. The third-order valence-electron chi connectivity index (χ3n) is 9.59. The summed E-state index contributed by atoms with van der Waals surface area (Å²) in [5.41, 5.74) is 7.55. The molecule has 0 spiro atoms. The van der Waals surface area contributed by atoms with Crippen molar-refractivity contribution < 1.29 is 30.4 Å². The van der Waals surface area contributed by atoms with Gasteiger partial charge in [0.1, 0.15) is 5.82 Å². The van der Waals surface area contributed by atoms with Gasteiger partial charge in [0.05, 0.1) is 18.1 Å². The Morgan fingerprint density at radius 1 is 0.633 bits per heavy atom. The van der Waals surface area contributed by atoms with Gasteiger partial charge in [0, 0.05) is 103 Å². The van der Waals surface area contributed by atoms with Gasteiger partial charge >= 0.3 is 0 Å². The van der Waals surface area contributed by atoms with Crippen LogP contribution in [0.4, 0.5) is 0 Å². The summed E-state index contributed by atoms with van der Waals surface area (Å²) in [4.78, 5) is 4.89. The quantitative estimate of drug-likeness (QED) is 0.133. The predicted molar refractivity (Wildman–Crippen MR) is 190 cm³/mol. The van der Waals surface area contributed by atoms with E-state index in [2.05, 4.69) is 107 Å². The Bertz CT molecular complexity index is 2910. The third-order valence-corrected chi connectivity index (χ3v) is 9.59. The normalized spacial score (nSPS) is 11.8.